The molecule has 5 rings (SSSR count). The highest BCUT2D eigenvalue weighted by atomic mass is 35.5. The van der Waals surface area contributed by atoms with Gasteiger partial charge in [0.2, 0.25) is 6.04 Å². The van der Waals surface area contributed by atoms with Crippen molar-refractivity contribution in [3.05, 3.63) is 102 Å². The van der Waals surface area contributed by atoms with Crippen molar-refractivity contribution in [3.63, 3.8) is 0 Å². The normalized spacial score (nSPS) is 19.5. The van der Waals surface area contributed by atoms with E-state index < -0.39 is 31.8 Å². The van der Waals surface area contributed by atoms with E-state index in [1.807, 2.05) is 4.90 Å². The van der Waals surface area contributed by atoms with Crippen LogP contribution in [0.4, 0.5) is 5.69 Å². The van der Waals surface area contributed by atoms with E-state index >= 15 is 0 Å². The van der Waals surface area contributed by atoms with Crippen molar-refractivity contribution >= 4 is 50.0 Å². The fourth-order valence-corrected chi connectivity index (χ4v) is 7.32. The number of fused-ring (bicyclic) bond motifs is 1. The number of nitrogens with zero attached hydrogens (tertiary/aromatic N) is 3. The number of benzene rings is 3. The number of ether oxygens (including phenoxy) is 1. The molecule has 1 aliphatic heterocycles. The number of piperazine rings is 1. The van der Waals surface area contributed by atoms with Gasteiger partial charge in [0.25, 0.3) is 0 Å². The van der Waals surface area contributed by atoms with Crippen LogP contribution in [0.25, 0.3) is 10.8 Å². The number of hydrogen-bond donors (Lipinski definition) is 0. The van der Waals surface area contributed by atoms with Gasteiger partial charge in [0.15, 0.2) is 0 Å². The molecule has 8 nitrogen and oxygen atoms in total. The number of pyridine rings is 1. The third-order valence-corrected chi connectivity index (χ3v) is 9.60. The van der Waals surface area contributed by atoms with Gasteiger partial charge in [0.1, 0.15) is 11.4 Å². The van der Waals surface area contributed by atoms with Crippen molar-refractivity contribution in [2.45, 2.75) is 17.9 Å². The number of aromatic nitrogens is 1. The number of anilines is 1. The Kier molecular flexibility index (Phi) is 7.40. The van der Waals surface area contributed by atoms with Gasteiger partial charge in [-0.2, -0.15) is 8.42 Å². The fourth-order valence-electron chi connectivity index (χ4n) is 5.11. The minimum Gasteiger partial charge on any atom is -0.462 e. The van der Waals surface area contributed by atoms with E-state index in [1.165, 1.54) is 12.1 Å². The maximum atomic E-state index is 14.7. The average Bonchev–Trinajstić information content (AvgIpc) is 2.97. The number of carbonyl (C=O) groups excluding carboxylic acids is 2. The Morgan fingerprint density at radius 1 is 1.00 bits per heavy atom. The topological polar surface area (TPSA) is 93.6 Å². The van der Waals surface area contributed by atoms with E-state index in [1.54, 1.807) is 86.0 Å². The van der Waals surface area contributed by atoms with E-state index in [-0.39, 0.29) is 36.7 Å². The van der Waals surface area contributed by atoms with Crippen LogP contribution in [0.15, 0.2) is 96.2 Å². The van der Waals surface area contributed by atoms with Crippen LogP contribution in [-0.2, 0) is 19.6 Å². The molecule has 2 unspecified atom stereocenters. The maximum Gasteiger partial charge on any atom is 0.368 e. The number of sulfonamides is 1. The Labute approximate surface area is 232 Å². The zero-order chi connectivity index (χ0) is 27.6. The molecule has 2 heterocycles. The van der Waals surface area contributed by atoms with Crippen molar-refractivity contribution in [1.29, 1.82) is 0 Å². The number of carbonyl (C=O) groups is 2. The molecular formula is C29H27ClN3O5S+. The lowest BCUT2D eigenvalue weighted by atomic mass is 10.1. The highest BCUT2D eigenvalue weighted by molar-refractivity contribution is 7.86. The Balaban J connectivity index is 1.71. The summed E-state index contributed by atoms with van der Waals surface area (Å²) in [6, 6.07) is 20.2. The lowest BCUT2D eigenvalue weighted by Gasteiger charge is -2.45. The monoisotopic (exact) mass is 564 g/mol. The largest absolute Gasteiger partial charge is 0.462 e. The van der Waals surface area contributed by atoms with Crippen LogP contribution in [0.2, 0.25) is 5.02 Å². The van der Waals surface area contributed by atoms with Gasteiger partial charge in [-0.15, -0.1) is 3.89 Å². The number of quaternary nitrogens is 1. The SMILES string of the molecule is CCOC(=O)C1CN(c2ccncc2)CC[N+]1(C(=O)c1ccccc1)S(=O)(=O)c1ccc2cc(Cl)ccc2c1. The quantitative estimate of drug-likeness (QED) is 0.248. The third kappa shape index (κ3) is 4.78. The van der Waals surface area contributed by atoms with Gasteiger partial charge >= 0.3 is 21.9 Å². The molecule has 3 aromatic carbocycles. The number of hydrogen-bond acceptors (Lipinski definition) is 7. The van der Waals surface area contributed by atoms with E-state index in [2.05, 4.69) is 4.98 Å². The van der Waals surface area contributed by atoms with Crippen molar-refractivity contribution < 1.29 is 26.6 Å². The number of rotatable bonds is 6. The summed E-state index contributed by atoms with van der Waals surface area (Å²) in [5, 5.41) is 1.93. The summed E-state index contributed by atoms with van der Waals surface area (Å²) in [5.74, 6) is -1.43. The molecule has 1 saturated heterocycles. The molecule has 2 atom stereocenters. The summed E-state index contributed by atoms with van der Waals surface area (Å²) in [6.45, 7) is 1.70. The van der Waals surface area contributed by atoms with E-state index in [4.69, 9.17) is 16.3 Å². The molecule has 0 spiro atoms. The summed E-state index contributed by atoms with van der Waals surface area (Å²) in [5.41, 5.74) is 0.963. The van der Waals surface area contributed by atoms with Gasteiger partial charge in [0, 0.05) is 23.1 Å². The van der Waals surface area contributed by atoms with Crippen LogP contribution < -0.4 is 4.90 Å². The second-order valence-corrected chi connectivity index (χ2v) is 11.7. The molecule has 1 aliphatic rings. The molecule has 200 valence electrons. The Hall–Kier alpha value is -3.79. The van der Waals surface area contributed by atoms with Crippen molar-refractivity contribution in [3.8, 4) is 0 Å². The molecule has 39 heavy (non-hydrogen) atoms. The number of esters is 1. The van der Waals surface area contributed by atoms with Gasteiger partial charge in [-0.25, -0.2) is 9.59 Å². The minimum atomic E-state index is -4.48. The van der Waals surface area contributed by atoms with Crippen LogP contribution in [0.3, 0.4) is 0 Å². The van der Waals surface area contributed by atoms with Crippen molar-refractivity contribution in [2.24, 2.45) is 0 Å². The Morgan fingerprint density at radius 2 is 1.69 bits per heavy atom. The summed E-state index contributed by atoms with van der Waals surface area (Å²) in [6.07, 6.45) is 3.25. The highest BCUT2D eigenvalue weighted by Crippen LogP contribution is 2.37. The molecule has 0 saturated carbocycles. The second kappa shape index (κ2) is 10.8. The molecule has 0 aliphatic carbocycles. The molecule has 0 radical (unpaired) electrons. The molecule has 0 N–H and O–H groups in total. The first-order valence-electron chi connectivity index (χ1n) is 12.5. The first kappa shape index (κ1) is 26.8. The van der Waals surface area contributed by atoms with E-state index in [0.717, 1.165) is 11.1 Å². The standard InChI is InChI=1S/C29H27ClN3O5S/c1-2-38-29(35)27-20-32(25-12-14-31-15-13-25)16-17-33(27,28(34)21-6-4-3-5-7-21)39(36,37)26-11-9-22-18-24(30)10-8-23(22)19-26/h3-15,18-19,27H,2,16-17,20H2,1H3/q+1. The minimum absolute atomic E-state index is 0.0379. The summed E-state index contributed by atoms with van der Waals surface area (Å²) in [7, 11) is -4.48. The zero-order valence-corrected chi connectivity index (χ0v) is 22.8. The molecule has 1 aromatic heterocycles. The Morgan fingerprint density at radius 3 is 2.41 bits per heavy atom. The predicted molar refractivity (Wildman–Crippen MR) is 149 cm³/mol. The van der Waals surface area contributed by atoms with Crippen LogP contribution >= 0.6 is 11.6 Å². The molecule has 0 bridgehead atoms. The van der Waals surface area contributed by atoms with Crippen LogP contribution in [0.1, 0.15) is 17.3 Å². The third-order valence-electron chi connectivity index (χ3n) is 7.05. The Bertz CT molecular complexity index is 1630. The average molecular weight is 565 g/mol. The van der Waals surface area contributed by atoms with Crippen LogP contribution in [0, 0.1) is 0 Å². The van der Waals surface area contributed by atoms with Crippen molar-refractivity contribution in [2.75, 3.05) is 31.1 Å². The molecule has 10 heteroatoms. The van der Waals surface area contributed by atoms with Gasteiger partial charge < -0.3 is 9.64 Å². The van der Waals surface area contributed by atoms with E-state index in [9.17, 15) is 18.0 Å². The van der Waals surface area contributed by atoms with Gasteiger partial charge in [-0.3, -0.25) is 4.98 Å². The number of halogens is 1. The van der Waals surface area contributed by atoms with Gasteiger partial charge in [-0.1, -0.05) is 41.9 Å². The smallest absolute Gasteiger partial charge is 0.368 e. The van der Waals surface area contributed by atoms with E-state index in [0.29, 0.717) is 10.4 Å². The number of amides is 1. The fraction of sp³-hybridized carbons (Fsp3) is 0.207. The summed E-state index contributed by atoms with van der Waals surface area (Å²) < 4.78 is 33.7. The second-order valence-electron chi connectivity index (χ2n) is 9.24. The molecule has 1 fully saturated rings. The first-order valence-corrected chi connectivity index (χ1v) is 14.3. The van der Waals surface area contributed by atoms with Crippen LogP contribution in [0.5, 0.6) is 0 Å². The highest BCUT2D eigenvalue weighted by Gasteiger charge is 2.61. The molecular weight excluding hydrogens is 538 g/mol. The summed E-state index contributed by atoms with van der Waals surface area (Å²) >= 11 is 6.12. The molecule has 1 amide bonds. The van der Waals surface area contributed by atoms with Crippen LogP contribution in [-0.4, -0.2) is 61.4 Å². The first-order chi connectivity index (χ1) is 18.8. The maximum absolute atomic E-state index is 14.7. The van der Waals surface area contributed by atoms with Gasteiger partial charge in [0.05, 0.1) is 25.3 Å². The van der Waals surface area contributed by atoms with Crippen molar-refractivity contribution in [1.82, 2.24) is 4.98 Å². The lowest BCUT2D eigenvalue weighted by Crippen LogP contribution is -2.72. The predicted octanol–water partition coefficient (Wildman–Crippen LogP) is 4.69. The lowest BCUT2D eigenvalue weighted by molar-refractivity contribution is -0.742. The molecule has 4 aromatic rings. The summed E-state index contributed by atoms with van der Waals surface area (Å²) in [4.78, 5) is 33.8. The van der Waals surface area contributed by atoms with Gasteiger partial charge in [-0.05, 0) is 66.2 Å². The zero-order valence-electron chi connectivity index (χ0n) is 21.2.